The first-order valence-electron chi connectivity index (χ1n) is 8.83. The molecule has 0 saturated carbocycles. The molecule has 0 unspecified atom stereocenters. The molecule has 2 aliphatic heterocycles. The van der Waals surface area contributed by atoms with Crippen LogP contribution in [0.4, 0.5) is 5.69 Å². The van der Waals surface area contributed by atoms with Gasteiger partial charge in [0.05, 0.1) is 7.11 Å². The molecule has 0 aromatic heterocycles. The Balaban J connectivity index is 1.98. The van der Waals surface area contributed by atoms with Crippen LogP contribution >= 0.6 is 0 Å². The van der Waals surface area contributed by atoms with Gasteiger partial charge in [0.1, 0.15) is 5.75 Å². The van der Waals surface area contributed by atoms with Crippen LogP contribution in [0.3, 0.4) is 0 Å². The van der Waals surface area contributed by atoms with Crippen LogP contribution in [0.5, 0.6) is 5.75 Å². The third kappa shape index (κ3) is 2.69. The number of hydrogen-bond acceptors (Lipinski definition) is 3. The highest BCUT2D eigenvalue weighted by Gasteiger charge is 2.24. The zero-order valence-electron chi connectivity index (χ0n) is 14.3. The SMILES string of the molecule is [B]N1CCCc2cc3c(c(-c4cccc(OC)c4)c21)CCNCC3. The third-order valence-corrected chi connectivity index (χ3v) is 5.19. The van der Waals surface area contributed by atoms with E-state index in [1.165, 1.54) is 33.5 Å². The molecule has 2 heterocycles. The summed E-state index contributed by atoms with van der Waals surface area (Å²) in [6.07, 6.45) is 4.37. The van der Waals surface area contributed by atoms with Crippen LogP contribution in [-0.2, 0) is 19.3 Å². The van der Waals surface area contributed by atoms with E-state index in [0.717, 1.165) is 51.1 Å². The van der Waals surface area contributed by atoms with Crippen LogP contribution in [0.25, 0.3) is 11.1 Å². The van der Waals surface area contributed by atoms with Crippen LogP contribution in [0.1, 0.15) is 23.1 Å². The summed E-state index contributed by atoms with van der Waals surface area (Å²) in [7, 11) is 8.14. The maximum atomic E-state index is 6.41. The van der Waals surface area contributed by atoms with Crippen molar-refractivity contribution >= 4 is 13.7 Å². The normalized spacial score (nSPS) is 17.0. The Morgan fingerprint density at radius 1 is 1.08 bits per heavy atom. The first-order valence-corrected chi connectivity index (χ1v) is 8.83. The Labute approximate surface area is 145 Å². The van der Waals surface area contributed by atoms with Crippen molar-refractivity contribution in [1.29, 1.82) is 0 Å². The number of nitrogens with one attached hydrogen (secondary N) is 1. The maximum Gasteiger partial charge on any atom is 0.226 e. The molecule has 1 N–H and O–H groups in total. The minimum atomic E-state index is 0.894. The molecule has 122 valence electrons. The monoisotopic (exact) mass is 318 g/mol. The van der Waals surface area contributed by atoms with Crippen molar-refractivity contribution in [3.05, 3.63) is 47.0 Å². The highest BCUT2D eigenvalue weighted by Crippen LogP contribution is 2.42. The number of nitrogens with zero attached hydrogens (tertiary/aromatic N) is 1. The number of aryl methyl sites for hydroxylation is 1. The van der Waals surface area contributed by atoms with Gasteiger partial charge in [-0.3, -0.25) is 0 Å². The van der Waals surface area contributed by atoms with Gasteiger partial charge in [0.25, 0.3) is 0 Å². The van der Waals surface area contributed by atoms with Crippen LogP contribution < -0.4 is 14.9 Å². The fraction of sp³-hybridized carbons (Fsp3) is 0.400. The molecule has 4 rings (SSSR count). The molecule has 2 aromatic carbocycles. The lowest BCUT2D eigenvalue weighted by atomic mass is 9.84. The van der Waals surface area contributed by atoms with Crippen molar-refractivity contribution in [2.24, 2.45) is 0 Å². The average molecular weight is 318 g/mol. The predicted molar refractivity (Wildman–Crippen MR) is 100 cm³/mol. The quantitative estimate of drug-likeness (QED) is 0.862. The lowest BCUT2D eigenvalue weighted by Crippen LogP contribution is -2.28. The molecule has 0 bridgehead atoms. The smallest absolute Gasteiger partial charge is 0.226 e. The first kappa shape index (κ1) is 15.6. The lowest BCUT2D eigenvalue weighted by molar-refractivity contribution is 0.415. The minimum absolute atomic E-state index is 0.894. The van der Waals surface area contributed by atoms with Crippen LogP contribution in [0.15, 0.2) is 30.3 Å². The van der Waals surface area contributed by atoms with E-state index in [-0.39, 0.29) is 0 Å². The second-order valence-electron chi connectivity index (χ2n) is 6.68. The van der Waals surface area contributed by atoms with Gasteiger partial charge in [-0.05, 0) is 73.2 Å². The number of hydrogen-bond donors (Lipinski definition) is 1. The Kier molecular flexibility index (Phi) is 4.23. The topological polar surface area (TPSA) is 24.5 Å². The second-order valence-corrected chi connectivity index (χ2v) is 6.68. The van der Waals surface area contributed by atoms with Gasteiger partial charge in [-0.1, -0.05) is 18.2 Å². The van der Waals surface area contributed by atoms with E-state index < -0.39 is 0 Å². The van der Waals surface area contributed by atoms with Crippen molar-refractivity contribution in [3.8, 4) is 16.9 Å². The number of methoxy groups -OCH3 is 1. The summed E-state index contributed by atoms with van der Waals surface area (Å²) in [5.74, 6) is 0.894. The summed E-state index contributed by atoms with van der Waals surface area (Å²) in [6.45, 7) is 2.99. The fourth-order valence-corrected chi connectivity index (χ4v) is 4.06. The fourth-order valence-electron chi connectivity index (χ4n) is 4.06. The summed E-state index contributed by atoms with van der Waals surface area (Å²) in [5, 5.41) is 3.53. The number of ether oxygens (including phenoxy) is 1. The van der Waals surface area contributed by atoms with Crippen molar-refractivity contribution in [2.45, 2.75) is 25.7 Å². The van der Waals surface area contributed by atoms with Gasteiger partial charge in [0.2, 0.25) is 7.98 Å². The third-order valence-electron chi connectivity index (χ3n) is 5.19. The molecule has 2 radical (unpaired) electrons. The number of rotatable bonds is 2. The van der Waals surface area contributed by atoms with Gasteiger partial charge in [-0.2, -0.15) is 0 Å². The van der Waals surface area contributed by atoms with Crippen LogP contribution in [0, 0.1) is 0 Å². The van der Waals surface area contributed by atoms with Crippen LogP contribution in [0.2, 0.25) is 0 Å². The zero-order valence-corrected chi connectivity index (χ0v) is 14.3. The summed E-state index contributed by atoms with van der Waals surface area (Å²) in [6, 6.07) is 10.8. The van der Waals surface area contributed by atoms with E-state index in [0.29, 0.717) is 0 Å². The highest BCUT2D eigenvalue weighted by atomic mass is 16.5. The molecule has 0 atom stereocenters. The molecule has 0 saturated heterocycles. The predicted octanol–water partition coefficient (Wildman–Crippen LogP) is 2.89. The van der Waals surface area contributed by atoms with E-state index >= 15 is 0 Å². The second kappa shape index (κ2) is 6.52. The van der Waals surface area contributed by atoms with Crippen molar-refractivity contribution in [1.82, 2.24) is 5.32 Å². The molecule has 0 fully saturated rings. The molecule has 2 aliphatic rings. The van der Waals surface area contributed by atoms with Crippen molar-refractivity contribution < 1.29 is 4.74 Å². The number of fused-ring (bicyclic) bond motifs is 2. The van der Waals surface area contributed by atoms with Gasteiger partial charge in [0.15, 0.2) is 0 Å². The maximum absolute atomic E-state index is 6.41. The van der Waals surface area contributed by atoms with Gasteiger partial charge in [-0.25, -0.2) is 0 Å². The standard InChI is InChI=1S/C20H23BN2O/c1-24-17-6-2-4-15(13-17)19-18-8-10-22-9-7-14(18)12-16-5-3-11-23(21)20(16)19/h2,4,6,12-13,22H,3,5,7-11H2,1H3. The highest BCUT2D eigenvalue weighted by molar-refractivity contribution is 6.20. The molecule has 3 nitrogen and oxygen atoms in total. The van der Waals surface area contributed by atoms with Crippen molar-refractivity contribution in [3.63, 3.8) is 0 Å². The van der Waals surface area contributed by atoms with E-state index in [1.54, 1.807) is 7.11 Å². The van der Waals surface area contributed by atoms with Gasteiger partial charge < -0.3 is 14.9 Å². The molecular formula is C20H23BN2O. The molecule has 0 aliphatic carbocycles. The summed E-state index contributed by atoms with van der Waals surface area (Å²) >= 11 is 0. The summed E-state index contributed by atoms with van der Waals surface area (Å²) < 4.78 is 5.46. The van der Waals surface area contributed by atoms with E-state index in [1.807, 2.05) is 10.9 Å². The Hall–Kier alpha value is -1.94. The van der Waals surface area contributed by atoms with Gasteiger partial charge >= 0.3 is 0 Å². The van der Waals surface area contributed by atoms with Gasteiger partial charge in [-0.15, -0.1) is 0 Å². The minimum Gasteiger partial charge on any atom is -0.497 e. The Morgan fingerprint density at radius 2 is 1.96 bits per heavy atom. The molecule has 24 heavy (non-hydrogen) atoms. The van der Waals surface area contributed by atoms with Crippen LogP contribution in [-0.4, -0.2) is 34.7 Å². The molecule has 2 aromatic rings. The summed E-state index contributed by atoms with van der Waals surface area (Å²) in [5.41, 5.74) is 8.06. The first-order chi connectivity index (χ1) is 11.8. The Morgan fingerprint density at radius 3 is 2.83 bits per heavy atom. The van der Waals surface area contributed by atoms with E-state index in [2.05, 4.69) is 29.6 Å². The van der Waals surface area contributed by atoms with Gasteiger partial charge in [0, 0.05) is 17.8 Å². The lowest BCUT2D eigenvalue weighted by Gasteiger charge is -2.33. The van der Waals surface area contributed by atoms with E-state index in [4.69, 9.17) is 12.7 Å². The summed E-state index contributed by atoms with van der Waals surface area (Å²) in [4.78, 5) is 1.95. The zero-order chi connectivity index (χ0) is 16.5. The number of benzene rings is 2. The Bertz CT molecular complexity index is 760. The average Bonchev–Trinajstić information content (AvgIpc) is 2.85. The molecule has 0 spiro atoms. The molecular weight excluding hydrogens is 295 g/mol. The molecule has 0 amide bonds. The van der Waals surface area contributed by atoms with E-state index in [9.17, 15) is 0 Å². The number of anilines is 1. The molecule has 4 heteroatoms. The largest absolute Gasteiger partial charge is 0.497 e. The van der Waals surface area contributed by atoms with Crippen molar-refractivity contribution in [2.75, 3.05) is 31.6 Å².